The lowest BCUT2D eigenvalue weighted by molar-refractivity contribution is -0.209. The minimum absolute atomic E-state index is 0.178. The normalized spacial score (nSPS) is 36.2. The van der Waals surface area contributed by atoms with E-state index in [1.165, 1.54) is 13.8 Å². The van der Waals surface area contributed by atoms with Gasteiger partial charge >= 0.3 is 11.9 Å². The van der Waals surface area contributed by atoms with E-state index in [2.05, 4.69) is 10.0 Å². The van der Waals surface area contributed by atoms with Crippen LogP contribution in [0.25, 0.3) is 10.4 Å². The molecule has 2 bridgehead atoms. The molecule has 0 spiro atoms. The van der Waals surface area contributed by atoms with Gasteiger partial charge in [0.05, 0.1) is 6.61 Å². The molecule has 19 heavy (non-hydrogen) atoms. The van der Waals surface area contributed by atoms with E-state index >= 15 is 0 Å². The third-order valence-electron chi connectivity index (χ3n) is 2.83. The first kappa shape index (κ1) is 13.6. The Morgan fingerprint density at radius 2 is 1.89 bits per heavy atom. The number of carbonyl (C=O) groups excluding carboxylic acids is 2. The number of esters is 2. The van der Waals surface area contributed by atoms with E-state index in [0.29, 0.717) is 0 Å². The summed E-state index contributed by atoms with van der Waals surface area (Å²) in [7, 11) is 0. The van der Waals surface area contributed by atoms with Crippen LogP contribution in [-0.4, -0.2) is 49.2 Å². The van der Waals surface area contributed by atoms with E-state index in [-0.39, 0.29) is 6.61 Å². The molecule has 0 aromatic heterocycles. The van der Waals surface area contributed by atoms with Crippen molar-refractivity contribution in [2.75, 3.05) is 6.61 Å². The molecule has 0 aromatic rings. The third-order valence-corrected chi connectivity index (χ3v) is 2.83. The zero-order chi connectivity index (χ0) is 14.0. The number of hydrogen-bond acceptors (Lipinski definition) is 7. The number of fused-ring (bicyclic) bond motifs is 2. The fourth-order valence-electron chi connectivity index (χ4n) is 2.20. The maximum absolute atomic E-state index is 11.1. The molecule has 104 valence electrons. The Balaban J connectivity index is 2.28. The molecular weight excluding hydrogens is 258 g/mol. The lowest BCUT2D eigenvalue weighted by Gasteiger charge is -2.37. The summed E-state index contributed by atoms with van der Waals surface area (Å²) >= 11 is 0. The molecule has 2 saturated heterocycles. The number of azide groups is 1. The van der Waals surface area contributed by atoms with Gasteiger partial charge in [-0.05, 0) is 5.53 Å². The summed E-state index contributed by atoms with van der Waals surface area (Å²) in [6, 6.07) is -0.892. The molecule has 0 saturated carbocycles. The van der Waals surface area contributed by atoms with Gasteiger partial charge in [0.2, 0.25) is 0 Å². The van der Waals surface area contributed by atoms with Crippen LogP contribution in [0.3, 0.4) is 0 Å². The molecule has 0 radical (unpaired) electrons. The fourth-order valence-corrected chi connectivity index (χ4v) is 2.20. The Kier molecular flexibility index (Phi) is 3.89. The molecule has 2 rings (SSSR count). The average molecular weight is 271 g/mol. The van der Waals surface area contributed by atoms with Crippen LogP contribution >= 0.6 is 0 Å². The van der Waals surface area contributed by atoms with E-state index in [0.717, 1.165) is 0 Å². The van der Waals surface area contributed by atoms with Crippen molar-refractivity contribution in [3.8, 4) is 0 Å². The summed E-state index contributed by atoms with van der Waals surface area (Å²) in [6.45, 7) is 2.63. The highest BCUT2D eigenvalue weighted by Crippen LogP contribution is 2.33. The molecule has 0 aliphatic carbocycles. The summed E-state index contributed by atoms with van der Waals surface area (Å²) in [5, 5.41) is 3.52. The molecule has 2 aliphatic rings. The molecule has 9 heteroatoms. The highest BCUT2D eigenvalue weighted by atomic mass is 16.7. The van der Waals surface area contributed by atoms with Gasteiger partial charge in [0.1, 0.15) is 12.1 Å². The number of hydrogen-bond donors (Lipinski definition) is 0. The monoisotopic (exact) mass is 271 g/mol. The van der Waals surface area contributed by atoms with E-state index in [9.17, 15) is 9.59 Å². The van der Waals surface area contributed by atoms with Crippen LogP contribution in [0.4, 0.5) is 0 Å². The van der Waals surface area contributed by atoms with Gasteiger partial charge in [0.15, 0.2) is 18.5 Å². The predicted octanol–water partition coefficient (Wildman–Crippen LogP) is 0.284. The Bertz CT molecular complexity index is 435. The molecule has 2 heterocycles. The number of ether oxygens (including phenoxy) is 4. The van der Waals surface area contributed by atoms with Crippen LogP contribution in [0.5, 0.6) is 0 Å². The molecule has 0 amide bonds. The second-order valence-corrected chi connectivity index (χ2v) is 4.22. The van der Waals surface area contributed by atoms with Crippen molar-refractivity contribution < 1.29 is 28.5 Å². The van der Waals surface area contributed by atoms with Gasteiger partial charge < -0.3 is 18.9 Å². The first-order chi connectivity index (χ1) is 9.02. The largest absolute Gasteiger partial charge is 0.458 e. The standard InChI is InChI=1S/C10H13N3O6/c1-4(14)17-8-6-3-16-10(19-6)7(12-13-11)9(8)18-5(2)15/h6-10H,3H2,1-2H3/t6-,7+,8-,9-,10-/m1/s1. The lowest BCUT2D eigenvalue weighted by atomic mass is 9.99. The Hall–Kier alpha value is -1.83. The van der Waals surface area contributed by atoms with Crippen LogP contribution < -0.4 is 0 Å². The van der Waals surface area contributed by atoms with Gasteiger partial charge in [-0.15, -0.1) is 0 Å². The van der Waals surface area contributed by atoms with Gasteiger partial charge in [-0.25, -0.2) is 0 Å². The van der Waals surface area contributed by atoms with Gasteiger partial charge in [-0.2, -0.15) is 0 Å². The minimum Gasteiger partial charge on any atom is -0.458 e. The van der Waals surface area contributed by atoms with Crippen LogP contribution in [0.15, 0.2) is 5.11 Å². The molecule has 0 unspecified atom stereocenters. The smallest absolute Gasteiger partial charge is 0.303 e. The van der Waals surface area contributed by atoms with Crippen LogP contribution in [0.1, 0.15) is 13.8 Å². The fraction of sp³-hybridized carbons (Fsp3) is 0.800. The second-order valence-electron chi connectivity index (χ2n) is 4.22. The maximum atomic E-state index is 11.1. The molecule has 2 fully saturated rings. The second kappa shape index (κ2) is 5.43. The van der Waals surface area contributed by atoms with Gasteiger partial charge in [0.25, 0.3) is 0 Å². The summed E-state index contributed by atoms with van der Waals surface area (Å²) in [5.74, 6) is -1.11. The lowest BCUT2D eigenvalue weighted by Crippen LogP contribution is -2.56. The SMILES string of the molecule is CC(=O)O[C@@H]1[C@H](N=[N+]=[N-])[C@@H]2OC[C@@H](O2)[C@H]1OC(C)=O. The molecule has 5 atom stereocenters. The van der Waals surface area contributed by atoms with Gasteiger partial charge in [-0.1, -0.05) is 5.11 Å². The molecule has 0 N–H and O–H groups in total. The van der Waals surface area contributed by atoms with Crippen molar-refractivity contribution in [1.82, 2.24) is 0 Å². The third kappa shape index (κ3) is 2.78. The van der Waals surface area contributed by atoms with Crippen LogP contribution in [0.2, 0.25) is 0 Å². The van der Waals surface area contributed by atoms with Crippen molar-refractivity contribution in [3.05, 3.63) is 10.4 Å². The van der Waals surface area contributed by atoms with Crippen LogP contribution in [0, 0.1) is 0 Å². The first-order valence-corrected chi connectivity index (χ1v) is 5.68. The van der Waals surface area contributed by atoms with Crippen molar-refractivity contribution >= 4 is 11.9 Å². The highest BCUT2D eigenvalue weighted by Gasteiger charge is 2.53. The quantitative estimate of drug-likeness (QED) is 0.315. The Morgan fingerprint density at radius 1 is 1.26 bits per heavy atom. The Morgan fingerprint density at radius 3 is 2.47 bits per heavy atom. The first-order valence-electron chi connectivity index (χ1n) is 5.68. The minimum atomic E-state index is -0.913. The molecule has 0 aromatic carbocycles. The summed E-state index contributed by atoms with van der Waals surface area (Å²) in [4.78, 5) is 24.9. The van der Waals surface area contributed by atoms with E-state index in [1.807, 2.05) is 0 Å². The van der Waals surface area contributed by atoms with Crippen molar-refractivity contribution in [2.24, 2.45) is 5.11 Å². The van der Waals surface area contributed by atoms with Gasteiger partial charge in [0, 0.05) is 18.8 Å². The number of carbonyl (C=O) groups is 2. The summed E-state index contributed by atoms with van der Waals surface area (Å²) in [5.41, 5.74) is 8.56. The number of rotatable bonds is 3. The van der Waals surface area contributed by atoms with Crippen molar-refractivity contribution in [1.29, 1.82) is 0 Å². The summed E-state index contributed by atoms with van der Waals surface area (Å²) in [6.07, 6.45) is -3.10. The zero-order valence-corrected chi connectivity index (χ0v) is 10.4. The Labute approximate surface area is 108 Å². The maximum Gasteiger partial charge on any atom is 0.303 e. The molecular formula is C10H13N3O6. The van der Waals surface area contributed by atoms with Crippen molar-refractivity contribution in [2.45, 2.75) is 44.5 Å². The molecule has 2 aliphatic heterocycles. The molecule has 9 nitrogen and oxygen atoms in total. The van der Waals surface area contributed by atoms with Gasteiger partial charge in [-0.3, -0.25) is 9.59 Å². The van der Waals surface area contributed by atoms with E-state index < -0.39 is 42.6 Å². The van der Waals surface area contributed by atoms with Crippen LogP contribution in [-0.2, 0) is 28.5 Å². The highest BCUT2D eigenvalue weighted by molar-refractivity contribution is 5.67. The van der Waals surface area contributed by atoms with E-state index in [1.54, 1.807) is 0 Å². The topological polar surface area (TPSA) is 120 Å². The average Bonchev–Trinajstić information content (AvgIpc) is 2.74. The number of nitrogens with zero attached hydrogens (tertiary/aromatic N) is 3. The summed E-state index contributed by atoms with van der Waals surface area (Å²) < 4.78 is 20.9. The van der Waals surface area contributed by atoms with E-state index in [4.69, 9.17) is 24.5 Å². The van der Waals surface area contributed by atoms with Crippen molar-refractivity contribution in [3.63, 3.8) is 0 Å². The zero-order valence-electron chi connectivity index (χ0n) is 10.4. The predicted molar refractivity (Wildman–Crippen MR) is 58.7 cm³/mol.